The van der Waals surface area contributed by atoms with Crippen molar-refractivity contribution >= 4 is 6.03 Å². The number of nitrogens with one attached hydrogen (secondary N) is 1. The quantitative estimate of drug-likeness (QED) is 0.890. The van der Waals surface area contributed by atoms with E-state index in [0.717, 1.165) is 17.7 Å². The third-order valence-corrected chi connectivity index (χ3v) is 3.55. The first kappa shape index (κ1) is 16.0. The molecule has 2 amide bonds. The standard InChI is InChI=1S/C16H22N4O2/c1-4-12(2)9-18-16(21)20(3)11-14-8-15(19-22-14)13-6-5-7-17-10-13/h5-8,10,12H,4,9,11H2,1-3H3,(H,18,21). The summed E-state index contributed by atoms with van der Waals surface area (Å²) < 4.78 is 5.29. The highest BCUT2D eigenvalue weighted by atomic mass is 16.5. The lowest BCUT2D eigenvalue weighted by Gasteiger charge is -2.18. The summed E-state index contributed by atoms with van der Waals surface area (Å²) in [7, 11) is 1.73. The minimum atomic E-state index is -0.111. The summed E-state index contributed by atoms with van der Waals surface area (Å²) in [6.45, 7) is 5.27. The van der Waals surface area contributed by atoms with Gasteiger partial charge in [-0.05, 0) is 18.1 Å². The molecule has 0 saturated carbocycles. The second-order valence-corrected chi connectivity index (χ2v) is 5.48. The van der Waals surface area contributed by atoms with E-state index < -0.39 is 0 Å². The first-order valence-electron chi connectivity index (χ1n) is 7.45. The van der Waals surface area contributed by atoms with Crippen molar-refractivity contribution in [3.63, 3.8) is 0 Å². The number of pyridine rings is 1. The summed E-state index contributed by atoms with van der Waals surface area (Å²) >= 11 is 0. The highest BCUT2D eigenvalue weighted by molar-refractivity contribution is 5.73. The molecule has 1 atom stereocenters. The normalized spacial score (nSPS) is 12.0. The SMILES string of the molecule is CCC(C)CNC(=O)N(C)Cc1cc(-c2cccnc2)no1. The van der Waals surface area contributed by atoms with E-state index in [2.05, 4.69) is 29.3 Å². The first-order valence-corrected chi connectivity index (χ1v) is 7.45. The van der Waals surface area contributed by atoms with Crippen molar-refractivity contribution in [2.45, 2.75) is 26.8 Å². The largest absolute Gasteiger partial charge is 0.359 e. The van der Waals surface area contributed by atoms with Gasteiger partial charge in [-0.3, -0.25) is 4.98 Å². The maximum Gasteiger partial charge on any atom is 0.317 e. The van der Waals surface area contributed by atoms with Crippen LogP contribution in [-0.4, -0.2) is 34.7 Å². The van der Waals surface area contributed by atoms with E-state index in [-0.39, 0.29) is 6.03 Å². The van der Waals surface area contributed by atoms with Gasteiger partial charge in [0.2, 0.25) is 0 Å². The van der Waals surface area contributed by atoms with Crippen LogP contribution in [0.15, 0.2) is 35.1 Å². The van der Waals surface area contributed by atoms with E-state index in [9.17, 15) is 4.79 Å². The molecule has 2 aromatic heterocycles. The Kier molecular flexibility index (Phi) is 5.52. The summed E-state index contributed by atoms with van der Waals surface area (Å²) in [5.41, 5.74) is 1.61. The number of carbonyl (C=O) groups is 1. The summed E-state index contributed by atoms with van der Waals surface area (Å²) in [5, 5.41) is 6.92. The maximum atomic E-state index is 12.0. The number of aromatic nitrogens is 2. The Hall–Kier alpha value is -2.37. The van der Waals surface area contributed by atoms with E-state index >= 15 is 0 Å². The Labute approximate surface area is 130 Å². The number of amides is 2. The van der Waals surface area contributed by atoms with Crippen LogP contribution in [0, 0.1) is 5.92 Å². The van der Waals surface area contributed by atoms with Gasteiger partial charge in [0, 0.05) is 37.6 Å². The van der Waals surface area contributed by atoms with E-state index in [0.29, 0.717) is 24.8 Å². The average molecular weight is 302 g/mol. The van der Waals surface area contributed by atoms with Crippen LogP contribution in [0.25, 0.3) is 11.3 Å². The second-order valence-electron chi connectivity index (χ2n) is 5.48. The highest BCUT2D eigenvalue weighted by Gasteiger charge is 2.13. The molecule has 118 valence electrons. The Bertz CT molecular complexity index is 597. The Morgan fingerprint density at radius 2 is 2.32 bits per heavy atom. The fourth-order valence-electron chi connectivity index (χ4n) is 1.88. The van der Waals surface area contributed by atoms with Crippen molar-refractivity contribution in [2.75, 3.05) is 13.6 Å². The van der Waals surface area contributed by atoms with Gasteiger partial charge in [-0.25, -0.2) is 4.79 Å². The van der Waals surface area contributed by atoms with Gasteiger partial charge in [-0.1, -0.05) is 25.4 Å². The van der Waals surface area contributed by atoms with Gasteiger partial charge in [0.05, 0.1) is 6.54 Å². The molecule has 22 heavy (non-hydrogen) atoms. The summed E-state index contributed by atoms with van der Waals surface area (Å²) in [6.07, 6.45) is 4.48. The molecule has 0 saturated heterocycles. The van der Waals surface area contributed by atoms with E-state index in [1.807, 2.05) is 18.2 Å². The molecule has 0 fully saturated rings. The van der Waals surface area contributed by atoms with Gasteiger partial charge >= 0.3 is 6.03 Å². The Morgan fingerprint density at radius 3 is 3.00 bits per heavy atom. The molecule has 6 nitrogen and oxygen atoms in total. The van der Waals surface area contributed by atoms with Gasteiger partial charge in [-0.2, -0.15) is 0 Å². The molecule has 1 unspecified atom stereocenters. The lowest BCUT2D eigenvalue weighted by Crippen LogP contribution is -2.38. The third kappa shape index (κ3) is 4.31. The molecule has 0 aliphatic heterocycles. The predicted octanol–water partition coefficient (Wildman–Crippen LogP) is 2.92. The summed E-state index contributed by atoms with van der Waals surface area (Å²) in [5.74, 6) is 1.11. The van der Waals surface area contributed by atoms with Crippen LogP contribution in [0.3, 0.4) is 0 Å². The van der Waals surface area contributed by atoms with Crippen LogP contribution >= 0.6 is 0 Å². The molecule has 0 bridgehead atoms. The molecule has 1 N–H and O–H groups in total. The number of rotatable bonds is 6. The zero-order valence-electron chi connectivity index (χ0n) is 13.2. The lowest BCUT2D eigenvalue weighted by molar-refractivity contribution is 0.199. The summed E-state index contributed by atoms with van der Waals surface area (Å²) in [4.78, 5) is 17.6. The van der Waals surface area contributed by atoms with Crippen molar-refractivity contribution in [3.8, 4) is 11.3 Å². The van der Waals surface area contributed by atoms with Crippen molar-refractivity contribution in [1.29, 1.82) is 0 Å². The molecule has 0 aliphatic rings. The zero-order chi connectivity index (χ0) is 15.9. The molecule has 2 heterocycles. The van der Waals surface area contributed by atoms with E-state index in [1.54, 1.807) is 24.3 Å². The number of hydrogen-bond donors (Lipinski definition) is 1. The topological polar surface area (TPSA) is 71.3 Å². The number of urea groups is 1. The Balaban J connectivity index is 1.91. The van der Waals surface area contributed by atoms with Crippen molar-refractivity contribution in [3.05, 3.63) is 36.4 Å². The molecule has 0 aromatic carbocycles. The molecule has 2 rings (SSSR count). The lowest BCUT2D eigenvalue weighted by atomic mass is 10.1. The highest BCUT2D eigenvalue weighted by Crippen LogP contribution is 2.18. The van der Waals surface area contributed by atoms with E-state index in [1.165, 1.54) is 0 Å². The minimum Gasteiger partial charge on any atom is -0.359 e. The number of carbonyl (C=O) groups excluding carboxylic acids is 1. The van der Waals surface area contributed by atoms with Crippen molar-refractivity contribution in [2.24, 2.45) is 5.92 Å². The number of nitrogens with zero attached hydrogens (tertiary/aromatic N) is 3. The second kappa shape index (κ2) is 7.59. The number of hydrogen-bond acceptors (Lipinski definition) is 4. The van der Waals surface area contributed by atoms with Crippen LogP contribution < -0.4 is 5.32 Å². The maximum absolute atomic E-state index is 12.0. The van der Waals surface area contributed by atoms with Crippen LogP contribution in [-0.2, 0) is 6.54 Å². The fourth-order valence-corrected chi connectivity index (χ4v) is 1.88. The minimum absolute atomic E-state index is 0.111. The van der Waals surface area contributed by atoms with Crippen LogP contribution in [0.4, 0.5) is 4.79 Å². The van der Waals surface area contributed by atoms with Gasteiger partial charge in [0.15, 0.2) is 5.76 Å². The van der Waals surface area contributed by atoms with Gasteiger partial charge in [0.1, 0.15) is 5.69 Å². The van der Waals surface area contributed by atoms with Gasteiger partial charge < -0.3 is 14.7 Å². The monoisotopic (exact) mass is 302 g/mol. The summed E-state index contributed by atoms with van der Waals surface area (Å²) in [6, 6.07) is 5.48. The Morgan fingerprint density at radius 1 is 1.50 bits per heavy atom. The predicted molar refractivity (Wildman–Crippen MR) is 84.1 cm³/mol. The fraction of sp³-hybridized carbons (Fsp3) is 0.438. The molecule has 6 heteroatoms. The molecule has 0 aliphatic carbocycles. The molecule has 0 radical (unpaired) electrons. The van der Waals surface area contributed by atoms with Crippen molar-refractivity contribution < 1.29 is 9.32 Å². The van der Waals surface area contributed by atoms with Crippen LogP contribution in [0.2, 0.25) is 0 Å². The van der Waals surface area contributed by atoms with Gasteiger partial charge in [-0.15, -0.1) is 0 Å². The average Bonchev–Trinajstić information content (AvgIpc) is 3.01. The smallest absolute Gasteiger partial charge is 0.317 e. The van der Waals surface area contributed by atoms with Crippen LogP contribution in [0.1, 0.15) is 26.0 Å². The molecular weight excluding hydrogens is 280 g/mol. The van der Waals surface area contributed by atoms with Crippen molar-refractivity contribution in [1.82, 2.24) is 20.4 Å². The first-order chi connectivity index (χ1) is 10.6. The van der Waals surface area contributed by atoms with E-state index in [4.69, 9.17) is 4.52 Å². The van der Waals surface area contributed by atoms with Gasteiger partial charge in [0.25, 0.3) is 0 Å². The molecule has 2 aromatic rings. The molecule has 0 spiro atoms. The van der Waals surface area contributed by atoms with Crippen LogP contribution in [0.5, 0.6) is 0 Å². The molecular formula is C16H22N4O2. The zero-order valence-corrected chi connectivity index (χ0v) is 13.2. The third-order valence-electron chi connectivity index (χ3n) is 3.55.